The monoisotopic (exact) mass is 734 g/mol. The fraction of sp³-hybridized carbons (Fsp3) is 0.419. The number of carbonyl (C=O) groups is 1. The van der Waals surface area contributed by atoms with Crippen molar-refractivity contribution >= 4 is 61.0 Å². The first-order valence-corrected chi connectivity index (χ1v) is 16.9. The van der Waals surface area contributed by atoms with E-state index in [1.165, 1.54) is 17.0 Å². The molecule has 0 aliphatic carbocycles. The van der Waals surface area contributed by atoms with Crippen molar-refractivity contribution in [1.29, 1.82) is 0 Å². The summed E-state index contributed by atoms with van der Waals surface area (Å²) in [5.74, 6) is -5.10. The Kier molecular flexibility index (Phi) is 7.94. The number of nitrogen functional groups attached to an aromatic ring is 1. The normalized spacial score (nSPS) is 22.4. The van der Waals surface area contributed by atoms with E-state index in [2.05, 4.69) is 25.0 Å². The third-order valence-corrected chi connectivity index (χ3v) is 10.7. The second-order valence-corrected chi connectivity index (χ2v) is 14.2. The number of halogens is 6. The van der Waals surface area contributed by atoms with Crippen LogP contribution in [0.1, 0.15) is 19.3 Å². The zero-order valence-electron chi connectivity index (χ0n) is 26.1. The number of hydrogen-bond acceptors (Lipinski definition) is 11. The van der Waals surface area contributed by atoms with Gasteiger partial charge in [-0.3, -0.25) is 4.90 Å². The van der Waals surface area contributed by atoms with Gasteiger partial charge in [-0.15, -0.1) is 0 Å². The smallest absolute Gasteiger partial charge is 0.346 e. The Labute approximate surface area is 289 Å². The molecule has 3 saturated heterocycles. The average molecular weight is 735 g/mol. The van der Waals surface area contributed by atoms with E-state index in [4.69, 9.17) is 22.1 Å². The van der Waals surface area contributed by atoms with Crippen molar-refractivity contribution in [1.82, 2.24) is 39.5 Å². The molecule has 3 aliphatic rings. The van der Waals surface area contributed by atoms with E-state index in [1.54, 1.807) is 0 Å². The highest BCUT2D eigenvalue weighted by atomic mass is 35.5. The van der Waals surface area contributed by atoms with E-state index in [0.717, 1.165) is 46.1 Å². The first-order chi connectivity index (χ1) is 23.9. The minimum Gasteiger partial charge on any atom is -0.461 e. The lowest BCUT2D eigenvalue weighted by molar-refractivity contribution is -0.00682. The van der Waals surface area contributed by atoms with Crippen molar-refractivity contribution in [3.63, 3.8) is 0 Å². The van der Waals surface area contributed by atoms with Gasteiger partial charge in [0.05, 0.1) is 33.9 Å². The van der Waals surface area contributed by atoms with E-state index in [9.17, 15) is 13.6 Å². The molecule has 3 aromatic heterocycles. The molecule has 50 heavy (non-hydrogen) atoms. The van der Waals surface area contributed by atoms with Crippen LogP contribution in [0.2, 0.25) is 5.02 Å². The number of aromatic nitrogens is 6. The number of nitrogens with two attached hydrogens (primary N) is 1. The molecule has 3 aliphatic heterocycles. The van der Waals surface area contributed by atoms with Gasteiger partial charge in [0.25, 0.3) is 5.92 Å². The van der Waals surface area contributed by atoms with E-state index in [1.807, 2.05) is 4.90 Å². The van der Waals surface area contributed by atoms with Gasteiger partial charge in [0, 0.05) is 42.6 Å². The van der Waals surface area contributed by atoms with E-state index >= 15 is 13.2 Å². The van der Waals surface area contributed by atoms with Crippen LogP contribution in [-0.4, -0.2) is 109 Å². The predicted octanol–water partition coefficient (Wildman–Crippen LogP) is 5.39. The van der Waals surface area contributed by atoms with Crippen molar-refractivity contribution in [2.75, 3.05) is 56.5 Å². The van der Waals surface area contributed by atoms with Crippen LogP contribution in [-0.2, 0) is 0 Å². The van der Waals surface area contributed by atoms with Crippen LogP contribution in [0.4, 0.5) is 37.7 Å². The van der Waals surface area contributed by atoms with Gasteiger partial charge >= 0.3 is 12.0 Å². The number of thiazole rings is 1. The molecule has 2 aromatic carbocycles. The number of hydrogen-bond donors (Lipinski definition) is 1. The van der Waals surface area contributed by atoms with Crippen LogP contribution in [0, 0.1) is 11.6 Å². The number of rotatable bonds is 5. The van der Waals surface area contributed by atoms with Crippen LogP contribution < -0.4 is 15.4 Å². The average Bonchev–Trinajstić information content (AvgIpc) is 3.85. The van der Waals surface area contributed by atoms with Gasteiger partial charge < -0.3 is 20.3 Å². The van der Waals surface area contributed by atoms with Crippen molar-refractivity contribution in [3.8, 4) is 17.1 Å². The molecule has 0 bridgehead atoms. The topological polar surface area (TPSA) is 131 Å². The Morgan fingerprint density at radius 1 is 1.12 bits per heavy atom. The summed E-state index contributed by atoms with van der Waals surface area (Å²) in [6.07, 6.45) is 2.95. The number of benzene rings is 2. The molecule has 262 valence electrons. The maximum absolute atomic E-state index is 16.9. The minimum atomic E-state index is -3.44. The summed E-state index contributed by atoms with van der Waals surface area (Å²) in [5.41, 5.74) is 5.03. The van der Waals surface area contributed by atoms with Gasteiger partial charge in [-0.2, -0.15) is 19.7 Å². The second kappa shape index (κ2) is 12.1. The summed E-state index contributed by atoms with van der Waals surface area (Å²) < 4.78 is 84.2. The summed E-state index contributed by atoms with van der Waals surface area (Å²) in [6, 6.07) is 2.71. The lowest BCUT2D eigenvalue weighted by Crippen LogP contribution is -2.44. The molecule has 3 fully saturated rings. The van der Waals surface area contributed by atoms with Gasteiger partial charge in [0.1, 0.15) is 42.6 Å². The highest BCUT2D eigenvalue weighted by Gasteiger charge is 2.49. The van der Waals surface area contributed by atoms with Crippen molar-refractivity contribution in [3.05, 3.63) is 47.5 Å². The van der Waals surface area contributed by atoms with Gasteiger partial charge in [-0.25, -0.2) is 36.7 Å². The zero-order valence-corrected chi connectivity index (χ0v) is 27.7. The molecule has 19 heteroatoms. The highest BCUT2D eigenvalue weighted by Crippen LogP contribution is 2.44. The van der Waals surface area contributed by atoms with Gasteiger partial charge in [-0.05, 0) is 37.6 Å². The Morgan fingerprint density at radius 2 is 1.96 bits per heavy atom. The van der Waals surface area contributed by atoms with Crippen LogP contribution in [0.5, 0.6) is 6.01 Å². The van der Waals surface area contributed by atoms with Crippen LogP contribution in [0.15, 0.2) is 30.9 Å². The lowest BCUT2D eigenvalue weighted by atomic mass is 9.95. The standard InChI is InChI=1S/C31H28ClF5N10O2S/c32-19-8-18-23(22(35)21(19)17-2-3-20(34)25-24(17)41-27(38)50-25)42-28(49-13-30-4-1-5-46(30)10-16(33)9-30)43-26(18)44-6-7-45(12-31(36,37)11-44)29(48)47-15-39-14-40-47/h2-3,8,14-16H,1,4-7,9-13H2,(H2,38,41)/t16-,30+/m1/s1. The first kappa shape index (κ1) is 32.8. The van der Waals surface area contributed by atoms with Crippen molar-refractivity contribution in [2.24, 2.45) is 0 Å². The molecular formula is C31H28ClF5N10O2S. The van der Waals surface area contributed by atoms with Gasteiger partial charge in [-0.1, -0.05) is 22.9 Å². The molecule has 8 rings (SSSR count). The van der Waals surface area contributed by atoms with Crippen molar-refractivity contribution in [2.45, 2.75) is 36.9 Å². The van der Waals surface area contributed by atoms with Crippen LogP contribution >= 0.6 is 22.9 Å². The number of ether oxygens (including phenoxy) is 1. The Balaban J connectivity index is 1.24. The third kappa shape index (κ3) is 5.62. The zero-order chi connectivity index (χ0) is 34.9. The predicted molar refractivity (Wildman–Crippen MR) is 176 cm³/mol. The third-order valence-electron chi connectivity index (χ3n) is 9.52. The Morgan fingerprint density at radius 3 is 2.76 bits per heavy atom. The number of nitrogens with zero attached hydrogens (tertiary/aromatic N) is 9. The van der Waals surface area contributed by atoms with E-state index in [0.29, 0.717) is 13.0 Å². The molecular weight excluding hydrogens is 707 g/mol. The molecule has 0 saturated carbocycles. The lowest BCUT2D eigenvalue weighted by Gasteiger charge is -2.31. The van der Waals surface area contributed by atoms with Gasteiger partial charge in [0.15, 0.2) is 10.9 Å². The number of fused-ring (bicyclic) bond motifs is 3. The van der Waals surface area contributed by atoms with Crippen LogP contribution in [0.25, 0.3) is 32.2 Å². The molecule has 0 unspecified atom stereocenters. The Hall–Kier alpha value is -4.42. The number of carbonyl (C=O) groups excluding carboxylic acids is 1. The molecule has 0 spiro atoms. The van der Waals surface area contributed by atoms with Crippen LogP contribution in [0.3, 0.4) is 0 Å². The summed E-state index contributed by atoms with van der Waals surface area (Å²) in [6.45, 7) is -1.16. The minimum absolute atomic E-state index is 0.00283. The quantitative estimate of drug-likeness (QED) is 0.235. The van der Waals surface area contributed by atoms with Gasteiger partial charge in [0.2, 0.25) is 0 Å². The fourth-order valence-corrected chi connectivity index (χ4v) is 8.42. The SMILES string of the molecule is Nc1nc2c(-c3c(Cl)cc4c(N5CCN(C(=O)n6cncn6)CC(F)(F)C5)nc(OC[C@@]56CCCN5C[C@H](F)C6)nc4c3F)ccc(F)c2s1. The number of alkyl halides is 3. The maximum atomic E-state index is 16.9. The summed E-state index contributed by atoms with van der Waals surface area (Å²) in [5, 5.41) is 3.68. The molecule has 2 atom stereocenters. The summed E-state index contributed by atoms with van der Waals surface area (Å²) >= 11 is 7.61. The number of amides is 1. The van der Waals surface area contributed by atoms with Crippen molar-refractivity contribution < 1.29 is 31.5 Å². The summed E-state index contributed by atoms with van der Waals surface area (Å²) in [4.78, 5) is 34.0. The second-order valence-electron chi connectivity index (χ2n) is 12.8. The molecule has 1 amide bonds. The maximum Gasteiger partial charge on any atom is 0.346 e. The molecule has 2 N–H and O–H groups in total. The first-order valence-electron chi connectivity index (χ1n) is 15.7. The highest BCUT2D eigenvalue weighted by molar-refractivity contribution is 7.22. The molecule has 0 radical (unpaired) electrons. The Bertz CT molecular complexity index is 2140. The largest absolute Gasteiger partial charge is 0.461 e. The van der Waals surface area contributed by atoms with E-state index < -0.39 is 48.4 Å². The molecule has 5 aromatic rings. The molecule has 6 heterocycles. The fourth-order valence-electron chi connectivity index (χ4n) is 7.36. The van der Waals surface area contributed by atoms with E-state index in [-0.39, 0.29) is 86.9 Å². The summed E-state index contributed by atoms with van der Waals surface area (Å²) in [7, 11) is 0. The number of anilines is 2. The molecule has 12 nitrogen and oxygen atoms in total.